The first-order valence-corrected chi connectivity index (χ1v) is 4.83. The molecule has 2 nitrogen and oxygen atoms in total. The van der Waals surface area contributed by atoms with Crippen LogP contribution in [0.5, 0.6) is 5.75 Å². The summed E-state index contributed by atoms with van der Waals surface area (Å²) in [6, 6.07) is 13.4. The van der Waals surface area contributed by atoms with Crippen molar-refractivity contribution in [3.8, 4) is 16.9 Å². The summed E-state index contributed by atoms with van der Waals surface area (Å²) in [5.41, 5.74) is 8.99. The lowest BCUT2D eigenvalue weighted by Crippen LogP contribution is -1.87. The molecule has 76 valence electrons. The van der Waals surface area contributed by atoms with Crippen molar-refractivity contribution >= 4 is 5.69 Å². The third kappa shape index (κ3) is 1.79. The smallest absolute Gasteiger partial charge is 0.146 e. The molecule has 0 spiro atoms. The number of phenolic OH excluding ortho intramolecular Hbond substituents is 1. The van der Waals surface area contributed by atoms with Crippen LogP contribution >= 0.6 is 0 Å². The van der Waals surface area contributed by atoms with Gasteiger partial charge in [-0.25, -0.2) is 0 Å². The third-order valence-corrected chi connectivity index (χ3v) is 2.43. The normalized spacial score (nSPS) is 10.2. The Labute approximate surface area is 89.0 Å². The SMILES string of the molecule is Cc1ccc(-c2cccc(N)c2O)cc1. The molecule has 0 aromatic heterocycles. The molecule has 15 heavy (non-hydrogen) atoms. The van der Waals surface area contributed by atoms with Gasteiger partial charge in [-0.15, -0.1) is 0 Å². The van der Waals surface area contributed by atoms with E-state index in [9.17, 15) is 5.11 Å². The summed E-state index contributed by atoms with van der Waals surface area (Å²) in [4.78, 5) is 0. The Kier molecular flexibility index (Phi) is 2.34. The molecule has 3 N–H and O–H groups in total. The highest BCUT2D eigenvalue weighted by molar-refractivity contribution is 5.76. The zero-order valence-corrected chi connectivity index (χ0v) is 8.57. The Morgan fingerprint density at radius 2 is 1.67 bits per heavy atom. The van der Waals surface area contributed by atoms with Crippen molar-refractivity contribution < 1.29 is 5.11 Å². The van der Waals surface area contributed by atoms with Crippen molar-refractivity contribution in [3.05, 3.63) is 48.0 Å². The Balaban J connectivity index is 2.54. The van der Waals surface area contributed by atoms with E-state index < -0.39 is 0 Å². The zero-order valence-electron chi connectivity index (χ0n) is 8.57. The van der Waals surface area contributed by atoms with E-state index in [0.717, 1.165) is 11.1 Å². The zero-order chi connectivity index (χ0) is 10.8. The summed E-state index contributed by atoms with van der Waals surface area (Å²) in [6.07, 6.45) is 0. The van der Waals surface area contributed by atoms with Crippen LogP contribution in [0.15, 0.2) is 42.5 Å². The van der Waals surface area contributed by atoms with Crippen LogP contribution in [0.3, 0.4) is 0 Å². The first-order valence-electron chi connectivity index (χ1n) is 4.83. The van der Waals surface area contributed by atoms with Gasteiger partial charge in [-0.3, -0.25) is 0 Å². The standard InChI is InChI=1S/C13H13NO/c1-9-5-7-10(8-6-9)11-3-2-4-12(14)13(11)15/h2-8,15H,14H2,1H3. The van der Waals surface area contributed by atoms with E-state index in [1.807, 2.05) is 43.3 Å². The third-order valence-electron chi connectivity index (χ3n) is 2.43. The number of anilines is 1. The van der Waals surface area contributed by atoms with Crippen molar-refractivity contribution in [2.24, 2.45) is 0 Å². The van der Waals surface area contributed by atoms with Crippen LogP contribution in [0.4, 0.5) is 5.69 Å². The average molecular weight is 199 g/mol. The monoisotopic (exact) mass is 199 g/mol. The van der Waals surface area contributed by atoms with Gasteiger partial charge in [0.1, 0.15) is 5.75 Å². The molecule has 0 fully saturated rings. The largest absolute Gasteiger partial charge is 0.505 e. The molecule has 0 radical (unpaired) electrons. The fourth-order valence-electron chi connectivity index (χ4n) is 1.53. The molecule has 0 amide bonds. The summed E-state index contributed by atoms with van der Waals surface area (Å²) < 4.78 is 0. The fraction of sp³-hybridized carbons (Fsp3) is 0.0769. The van der Waals surface area contributed by atoms with E-state index in [1.54, 1.807) is 6.07 Å². The van der Waals surface area contributed by atoms with Gasteiger partial charge >= 0.3 is 0 Å². The maximum absolute atomic E-state index is 9.80. The Hall–Kier alpha value is -1.96. The van der Waals surface area contributed by atoms with Crippen LogP contribution in [0.25, 0.3) is 11.1 Å². The van der Waals surface area contributed by atoms with Gasteiger partial charge in [0, 0.05) is 5.56 Å². The molecule has 0 unspecified atom stereocenters. The van der Waals surface area contributed by atoms with E-state index in [2.05, 4.69) is 0 Å². The Morgan fingerprint density at radius 3 is 2.33 bits per heavy atom. The highest BCUT2D eigenvalue weighted by Gasteiger charge is 2.05. The van der Waals surface area contributed by atoms with Gasteiger partial charge in [0.2, 0.25) is 0 Å². The number of hydrogen-bond donors (Lipinski definition) is 2. The number of rotatable bonds is 1. The van der Waals surface area contributed by atoms with Crippen molar-refractivity contribution in [2.45, 2.75) is 6.92 Å². The minimum atomic E-state index is 0.154. The molecule has 0 aliphatic heterocycles. The number of phenols is 1. The van der Waals surface area contributed by atoms with Gasteiger partial charge in [-0.1, -0.05) is 42.0 Å². The summed E-state index contributed by atoms with van der Waals surface area (Å²) >= 11 is 0. The second-order valence-corrected chi connectivity index (χ2v) is 3.61. The molecule has 0 saturated carbocycles. The summed E-state index contributed by atoms with van der Waals surface area (Å²) in [5, 5.41) is 9.80. The molecule has 0 atom stereocenters. The maximum Gasteiger partial charge on any atom is 0.146 e. The van der Waals surface area contributed by atoms with Crippen LogP contribution in [-0.2, 0) is 0 Å². The van der Waals surface area contributed by atoms with Crippen molar-refractivity contribution in [2.75, 3.05) is 5.73 Å². The first-order chi connectivity index (χ1) is 7.18. The maximum atomic E-state index is 9.80. The number of nitrogens with two attached hydrogens (primary N) is 1. The Bertz CT molecular complexity index is 474. The lowest BCUT2D eigenvalue weighted by Gasteiger charge is -2.06. The number of nitrogen functional groups attached to an aromatic ring is 1. The Morgan fingerprint density at radius 1 is 1.00 bits per heavy atom. The second kappa shape index (κ2) is 3.65. The van der Waals surface area contributed by atoms with E-state index >= 15 is 0 Å². The van der Waals surface area contributed by atoms with Gasteiger partial charge < -0.3 is 10.8 Å². The van der Waals surface area contributed by atoms with Crippen molar-refractivity contribution in [1.29, 1.82) is 0 Å². The minimum Gasteiger partial charge on any atom is -0.505 e. The van der Waals surface area contributed by atoms with E-state index in [1.165, 1.54) is 5.56 Å². The molecule has 0 saturated heterocycles. The topological polar surface area (TPSA) is 46.2 Å². The fourth-order valence-corrected chi connectivity index (χ4v) is 1.53. The first kappa shape index (κ1) is 9.59. The molecule has 0 aliphatic carbocycles. The van der Waals surface area contributed by atoms with Crippen LogP contribution in [0.1, 0.15) is 5.56 Å². The van der Waals surface area contributed by atoms with E-state index in [0.29, 0.717) is 5.69 Å². The number of benzene rings is 2. The van der Waals surface area contributed by atoms with Crippen LogP contribution in [0, 0.1) is 6.92 Å². The molecule has 2 aromatic rings. The van der Waals surface area contributed by atoms with Crippen LogP contribution in [-0.4, -0.2) is 5.11 Å². The van der Waals surface area contributed by atoms with Crippen LogP contribution < -0.4 is 5.73 Å². The number of aromatic hydroxyl groups is 1. The summed E-state index contributed by atoms with van der Waals surface area (Å²) in [7, 11) is 0. The quantitative estimate of drug-likeness (QED) is 0.548. The lowest BCUT2D eigenvalue weighted by atomic mass is 10.0. The predicted molar refractivity (Wildman–Crippen MR) is 62.7 cm³/mol. The molecule has 0 heterocycles. The minimum absolute atomic E-state index is 0.154. The van der Waals surface area contributed by atoms with E-state index in [-0.39, 0.29) is 5.75 Å². The van der Waals surface area contributed by atoms with Crippen LogP contribution in [0.2, 0.25) is 0 Å². The number of aryl methyl sites for hydroxylation is 1. The van der Waals surface area contributed by atoms with Gasteiger partial charge in [0.15, 0.2) is 0 Å². The van der Waals surface area contributed by atoms with Gasteiger partial charge in [0.25, 0.3) is 0 Å². The molecular weight excluding hydrogens is 186 g/mol. The summed E-state index contributed by atoms with van der Waals surface area (Å²) in [6.45, 7) is 2.03. The van der Waals surface area contributed by atoms with Crippen molar-refractivity contribution in [1.82, 2.24) is 0 Å². The van der Waals surface area contributed by atoms with Crippen molar-refractivity contribution in [3.63, 3.8) is 0 Å². The predicted octanol–water partition coefficient (Wildman–Crippen LogP) is 2.95. The summed E-state index contributed by atoms with van der Waals surface area (Å²) in [5.74, 6) is 0.154. The lowest BCUT2D eigenvalue weighted by molar-refractivity contribution is 0.480. The van der Waals surface area contributed by atoms with Gasteiger partial charge in [-0.2, -0.15) is 0 Å². The average Bonchev–Trinajstić information content (AvgIpc) is 2.24. The molecule has 2 rings (SSSR count). The molecule has 2 aromatic carbocycles. The number of para-hydroxylation sites is 1. The van der Waals surface area contributed by atoms with Gasteiger partial charge in [-0.05, 0) is 18.6 Å². The second-order valence-electron chi connectivity index (χ2n) is 3.61. The molecular formula is C13H13NO. The molecule has 2 heteroatoms. The van der Waals surface area contributed by atoms with E-state index in [4.69, 9.17) is 5.73 Å². The number of hydrogen-bond acceptors (Lipinski definition) is 2. The van der Waals surface area contributed by atoms with Gasteiger partial charge in [0.05, 0.1) is 5.69 Å². The molecule has 0 bridgehead atoms. The highest BCUT2D eigenvalue weighted by Crippen LogP contribution is 2.33. The molecule has 0 aliphatic rings. The highest BCUT2D eigenvalue weighted by atomic mass is 16.3.